The first-order valence-corrected chi connectivity index (χ1v) is 9.41. The predicted molar refractivity (Wildman–Crippen MR) is 104 cm³/mol. The van der Waals surface area contributed by atoms with Crippen LogP contribution in [0.25, 0.3) is 0 Å². The predicted octanol–water partition coefficient (Wildman–Crippen LogP) is 3.81. The van der Waals surface area contributed by atoms with Crippen molar-refractivity contribution in [2.75, 3.05) is 32.2 Å². The van der Waals surface area contributed by atoms with E-state index in [-0.39, 0.29) is 12.1 Å². The van der Waals surface area contributed by atoms with Gasteiger partial charge in [-0.2, -0.15) is 5.10 Å². The Bertz CT molecular complexity index is 755. The van der Waals surface area contributed by atoms with Crippen molar-refractivity contribution in [2.45, 2.75) is 39.2 Å². The highest BCUT2D eigenvalue weighted by Gasteiger charge is 2.33. The van der Waals surface area contributed by atoms with Crippen molar-refractivity contribution >= 4 is 11.7 Å². The molecule has 0 bridgehead atoms. The molecule has 0 unspecified atom stereocenters. The first-order chi connectivity index (χ1) is 13.1. The Hall–Kier alpha value is -2.54. The number of anilines is 1. The number of hydrogen-bond donors (Lipinski definition) is 2. The van der Waals surface area contributed by atoms with E-state index in [1.165, 1.54) is 0 Å². The van der Waals surface area contributed by atoms with Crippen molar-refractivity contribution in [1.29, 1.82) is 0 Å². The monoisotopic (exact) mass is 372 g/mol. The molecule has 1 fully saturated rings. The number of nitrogens with one attached hydrogen (secondary N) is 2. The molecule has 1 aliphatic heterocycles. The van der Waals surface area contributed by atoms with Crippen molar-refractivity contribution in [1.82, 2.24) is 15.1 Å². The topological polar surface area (TPSA) is 79.5 Å². The normalized spacial score (nSPS) is 16.6. The minimum atomic E-state index is -0.106. The molecule has 1 saturated heterocycles. The molecule has 0 aliphatic carbocycles. The number of urea groups is 1. The van der Waals surface area contributed by atoms with E-state index in [2.05, 4.69) is 15.5 Å². The number of aromatic nitrogens is 2. The first kappa shape index (κ1) is 19.2. The zero-order valence-corrected chi connectivity index (χ0v) is 16.2. The average molecular weight is 372 g/mol. The van der Waals surface area contributed by atoms with E-state index in [1.54, 1.807) is 7.11 Å². The molecule has 0 radical (unpaired) electrons. The van der Waals surface area contributed by atoms with Crippen LogP contribution in [0.15, 0.2) is 24.3 Å². The molecule has 2 N–H and O–H groups in total. The fourth-order valence-corrected chi connectivity index (χ4v) is 3.63. The molecule has 3 rings (SSSR count). The Balaban J connectivity index is 1.70. The Morgan fingerprint density at radius 1 is 1.33 bits per heavy atom. The number of likely N-dealkylation sites (tertiary alicyclic amines) is 1. The quantitative estimate of drug-likeness (QED) is 0.724. The number of aromatic amines is 1. The van der Waals surface area contributed by atoms with Crippen LogP contribution in [0.5, 0.6) is 5.75 Å². The van der Waals surface area contributed by atoms with Crippen molar-refractivity contribution in [2.24, 2.45) is 0 Å². The van der Waals surface area contributed by atoms with Crippen LogP contribution >= 0.6 is 0 Å². The molecule has 1 aliphatic rings. The standard InChI is InChI=1S/C20H28N4O3/c1-14-19(15(2)23-22-14)17-9-6-11-24(17)20(25)21-16-8-4-5-10-18(16)27-13-7-12-26-3/h4-5,8,10,17H,6-7,9,11-13H2,1-3H3,(H,21,25)(H,22,23)/t17-/m1/s1. The molecule has 2 aromatic rings. The highest BCUT2D eigenvalue weighted by atomic mass is 16.5. The Labute approximate surface area is 160 Å². The fourth-order valence-electron chi connectivity index (χ4n) is 3.63. The van der Waals surface area contributed by atoms with Gasteiger partial charge in [-0.3, -0.25) is 5.10 Å². The first-order valence-electron chi connectivity index (χ1n) is 9.41. The Morgan fingerprint density at radius 2 is 2.15 bits per heavy atom. The molecular formula is C20H28N4O3. The maximum atomic E-state index is 13.0. The number of methoxy groups -OCH3 is 1. The molecule has 1 aromatic heterocycles. The van der Waals surface area contributed by atoms with Gasteiger partial charge >= 0.3 is 6.03 Å². The van der Waals surface area contributed by atoms with E-state index in [1.807, 2.05) is 43.0 Å². The van der Waals surface area contributed by atoms with Gasteiger partial charge in [-0.25, -0.2) is 4.79 Å². The number of H-pyrrole nitrogens is 1. The molecular weight excluding hydrogens is 344 g/mol. The third-order valence-corrected chi connectivity index (χ3v) is 4.91. The molecule has 2 heterocycles. The van der Waals surface area contributed by atoms with Gasteiger partial charge in [-0.15, -0.1) is 0 Å². The summed E-state index contributed by atoms with van der Waals surface area (Å²) >= 11 is 0. The third-order valence-electron chi connectivity index (χ3n) is 4.91. The van der Waals surface area contributed by atoms with Crippen LogP contribution in [-0.2, 0) is 4.74 Å². The second-order valence-corrected chi connectivity index (χ2v) is 6.82. The molecule has 7 nitrogen and oxygen atoms in total. The van der Waals surface area contributed by atoms with Gasteiger partial charge < -0.3 is 19.7 Å². The second kappa shape index (κ2) is 8.90. The van der Waals surface area contributed by atoms with Crippen molar-refractivity contribution in [3.8, 4) is 5.75 Å². The number of hydrogen-bond acceptors (Lipinski definition) is 4. The summed E-state index contributed by atoms with van der Waals surface area (Å²) < 4.78 is 10.9. The summed E-state index contributed by atoms with van der Waals surface area (Å²) in [6.07, 6.45) is 2.73. The van der Waals surface area contributed by atoms with Crippen LogP contribution in [-0.4, -0.2) is 48.0 Å². The fraction of sp³-hybridized carbons (Fsp3) is 0.500. The van der Waals surface area contributed by atoms with Gasteiger partial charge in [-0.1, -0.05) is 12.1 Å². The molecule has 2 amide bonds. The van der Waals surface area contributed by atoms with Gasteiger partial charge in [0.05, 0.1) is 24.0 Å². The summed E-state index contributed by atoms with van der Waals surface area (Å²) in [6, 6.07) is 7.47. The third kappa shape index (κ3) is 4.42. The van der Waals surface area contributed by atoms with Crippen LogP contribution in [0, 0.1) is 13.8 Å². The molecule has 146 valence electrons. The van der Waals surface area contributed by atoms with E-state index >= 15 is 0 Å². The summed E-state index contributed by atoms with van der Waals surface area (Å²) in [5.41, 5.74) is 3.80. The van der Waals surface area contributed by atoms with Crippen LogP contribution in [0.2, 0.25) is 0 Å². The maximum Gasteiger partial charge on any atom is 0.322 e. The number of carbonyl (C=O) groups excluding carboxylic acids is 1. The molecule has 7 heteroatoms. The van der Waals surface area contributed by atoms with E-state index in [0.29, 0.717) is 24.7 Å². The number of ether oxygens (including phenoxy) is 2. The zero-order chi connectivity index (χ0) is 19.2. The number of aryl methyl sites for hydroxylation is 2. The lowest BCUT2D eigenvalue weighted by molar-refractivity contribution is 0.172. The lowest BCUT2D eigenvalue weighted by Crippen LogP contribution is -2.35. The summed E-state index contributed by atoms with van der Waals surface area (Å²) in [4.78, 5) is 14.9. The Morgan fingerprint density at radius 3 is 2.89 bits per heavy atom. The lowest BCUT2D eigenvalue weighted by atomic mass is 10.0. The average Bonchev–Trinajstić information content (AvgIpc) is 3.26. The molecule has 0 spiro atoms. The minimum absolute atomic E-state index is 0.0542. The van der Waals surface area contributed by atoms with Crippen LogP contribution in [0.3, 0.4) is 0 Å². The number of rotatable bonds is 7. The number of para-hydroxylation sites is 2. The summed E-state index contributed by atoms with van der Waals surface area (Å²) in [6.45, 7) is 5.91. The van der Waals surface area contributed by atoms with Gasteiger partial charge in [0.1, 0.15) is 5.75 Å². The van der Waals surface area contributed by atoms with Gasteiger partial charge in [0, 0.05) is 37.9 Å². The number of carbonyl (C=O) groups is 1. The maximum absolute atomic E-state index is 13.0. The van der Waals surface area contributed by atoms with Gasteiger partial charge in [0.25, 0.3) is 0 Å². The van der Waals surface area contributed by atoms with Gasteiger partial charge in [-0.05, 0) is 38.8 Å². The smallest absolute Gasteiger partial charge is 0.322 e. The molecule has 1 aromatic carbocycles. The lowest BCUT2D eigenvalue weighted by Gasteiger charge is -2.26. The van der Waals surface area contributed by atoms with Crippen molar-refractivity contribution in [3.05, 3.63) is 41.2 Å². The Kier molecular flexibility index (Phi) is 6.34. The van der Waals surface area contributed by atoms with E-state index in [9.17, 15) is 4.79 Å². The summed E-state index contributed by atoms with van der Waals surface area (Å²) in [5, 5.41) is 10.3. The van der Waals surface area contributed by atoms with E-state index in [0.717, 1.165) is 42.8 Å². The van der Waals surface area contributed by atoms with E-state index < -0.39 is 0 Å². The number of nitrogens with zero attached hydrogens (tertiary/aromatic N) is 2. The highest BCUT2D eigenvalue weighted by molar-refractivity contribution is 5.91. The van der Waals surface area contributed by atoms with Gasteiger partial charge in [0.15, 0.2) is 0 Å². The number of amides is 2. The van der Waals surface area contributed by atoms with Crippen LogP contribution in [0.1, 0.15) is 42.3 Å². The molecule has 1 atom stereocenters. The summed E-state index contributed by atoms with van der Waals surface area (Å²) in [7, 11) is 1.67. The SMILES string of the molecule is COCCCOc1ccccc1NC(=O)N1CCC[C@@H]1c1c(C)n[nH]c1C. The zero-order valence-electron chi connectivity index (χ0n) is 16.2. The van der Waals surface area contributed by atoms with Crippen molar-refractivity contribution < 1.29 is 14.3 Å². The van der Waals surface area contributed by atoms with E-state index in [4.69, 9.17) is 9.47 Å². The van der Waals surface area contributed by atoms with Crippen LogP contribution in [0.4, 0.5) is 10.5 Å². The van der Waals surface area contributed by atoms with Crippen molar-refractivity contribution in [3.63, 3.8) is 0 Å². The van der Waals surface area contributed by atoms with Crippen LogP contribution < -0.4 is 10.1 Å². The number of benzene rings is 1. The second-order valence-electron chi connectivity index (χ2n) is 6.82. The largest absolute Gasteiger partial charge is 0.491 e. The van der Waals surface area contributed by atoms with Gasteiger partial charge in [0.2, 0.25) is 0 Å². The highest BCUT2D eigenvalue weighted by Crippen LogP contribution is 2.35. The summed E-state index contributed by atoms with van der Waals surface area (Å²) in [5.74, 6) is 0.674. The molecule has 27 heavy (non-hydrogen) atoms. The minimum Gasteiger partial charge on any atom is -0.491 e. The molecule has 0 saturated carbocycles.